The third kappa shape index (κ3) is 3.22. The van der Waals surface area contributed by atoms with Crippen LogP contribution in [-0.2, 0) is 6.54 Å². The molecular formula is C16H19NO3. The summed E-state index contributed by atoms with van der Waals surface area (Å²) in [5, 5.41) is 0. The van der Waals surface area contributed by atoms with Gasteiger partial charge in [-0.2, -0.15) is 0 Å². The lowest BCUT2D eigenvalue weighted by Crippen LogP contribution is -2.00. The van der Waals surface area contributed by atoms with Gasteiger partial charge in [-0.1, -0.05) is 12.1 Å². The Morgan fingerprint density at radius 1 is 0.900 bits per heavy atom. The fraction of sp³-hybridized carbons (Fsp3) is 0.250. The first-order chi connectivity index (χ1) is 9.66. The first-order valence-corrected chi connectivity index (χ1v) is 6.36. The Morgan fingerprint density at radius 3 is 2.05 bits per heavy atom. The molecule has 0 bridgehead atoms. The Labute approximate surface area is 119 Å². The number of ether oxygens (including phenoxy) is 3. The molecule has 0 radical (unpaired) electrons. The van der Waals surface area contributed by atoms with Gasteiger partial charge in [0, 0.05) is 30.3 Å². The molecule has 0 saturated carbocycles. The summed E-state index contributed by atoms with van der Waals surface area (Å²) in [5.74, 6) is 2.77. The van der Waals surface area contributed by atoms with Gasteiger partial charge in [-0.3, -0.25) is 0 Å². The Morgan fingerprint density at radius 2 is 1.50 bits per heavy atom. The van der Waals surface area contributed by atoms with Crippen molar-refractivity contribution in [2.75, 3.05) is 14.2 Å². The highest BCUT2D eigenvalue weighted by molar-refractivity contribution is 5.46. The van der Waals surface area contributed by atoms with E-state index in [2.05, 4.69) is 0 Å². The monoisotopic (exact) mass is 273 g/mol. The topological polar surface area (TPSA) is 53.7 Å². The molecule has 0 amide bonds. The zero-order valence-electron chi connectivity index (χ0n) is 12.0. The van der Waals surface area contributed by atoms with Crippen LogP contribution in [0.3, 0.4) is 0 Å². The fourth-order valence-electron chi connectivity index (χ4n) is 1.89. The van der Waals surface area contributed by atoms with Crippen molar-refractivity contribution in [2.45, 2.75) is 13.5 Å². The second-order valence-electron chi connectivity index (χ2n) is 4.47. The van der Waals surface area contributed by atoms with Crippen molar-refractivity contribution in [3.05, 3.63) is 47.5 Å². The normalized spacial score (nSPS) is 10.2. The van der Waals surface area contributed by atoms with Gasteiger partial charge in [0.05, 0.1) is 14.2 Å². The molecule has 2 aromatic rings. The van der Waals surface area contributed by atoms with E-state index in [0.717, 1.165) is 16.9 Å². The highest BCUT2D eigenvalue weighted by Gasteiger charge is 2.07. The van der Waals surface area contributed by atoms with Crippen molar-refractivity contribution >= 4 is 0 Å². The molecule has 4 nitrogen and oxygen atoms in total. The van der Waals surface area contributed by atoms with Gasteiger partial charge in [0.1, 0.15) is 23.0 Å². The first-order valence-electron chi connectivity index (χ1n) is 6.36. The van der Waals surface area contributed by atoms with E-state index in [4.69, 9.17) is 19.9 Å². The van der Waals surface area contributed by atoms with Gasteiger partial charge < -0.3 is 19.9 Å². The van der Waals surface area contributed by atoms with Crippen LogP contribution >= 0.6 is 0 Å². The molecule has 0 aromatic heterocycles. The van der Waals surface area contributed by atoms with E-state index < -0.39 is 0 Å². The van der Waals surface area contributed by atoms with Crippen molar-refractivity contribution in [1.29, 1.82) is 0 Å². The molecule has 106 valence electrons. The van der Waals surface area contributed by atoms with Crippen molar-refractivity contribution in [2.24, 2.45) is 5.73 Å². The molecule has 0 aliphatic heterocycles. The molecule has 0 atom stereocenters. The van der Waals surface area contributed by atoms with Crippen LogP contribution < -0.4 is 19.9 Å². The predicted octanol–water partition coefficient (Wildman–Crippen LogP) is 3.26. The smallest absolute Gasteiger partial charge is 0.134 e. The number of rotatable bonds is 5. The van der Waals surface area contributed by atoms with Crippen LogP contribution in [0.15, 0.2) is 36.4 Å². The number of hydrogen-bond donors (Lipinski definition) is 1. The van der Waals surface area contributed by atoms with Gasteiger partial charge in [0.15, 0.2) is 0 Å². The zero-order valence-corrected chi connectivity index (χ0v) is 12.0. The molecule has 0 saturated heterocycles. The van der Waals surface area contributed by atoms with Crippen LogP contribution in [0, 0.1) is 6.92 Å². The molecule has 0 fully saturated rings. The summed E-state index contributed by atoms with van der Waals surface area (Å²) in [4.78, 5) is 0. The lowest BCUT2D eigenvalue weighted by atomic mass is 10.1. The van der Waals surface area contributed by atoms with E-state index in [0.29, 0.717) is 23.8 Å². The number of nitrogens with two attached hydrogens (primary N) is 1. The Hall–Kier alpha value is -2.20. The highest BCUT2D eigenvalue weighted by Crippen LogP contribution is 2.32. The minimum absolute atomic E-state index is 0.427. The highest BCUT2D eigenvalue weighted by atomic mass is 16.5. The maximum Gasteiger partial charge on any atom is 0.134 e. The third-order valence-electron chi connectivity index (χ3n) is 3.00. The number of methoxy groups -OCH3 is 2. The molecule has 20 heavy (non-hydrogen) atoms. The molecule has 0 aliphatic carbocycles. The maximum absolute atomic E-state index is 5.93. The van der Waals surface area contributed by atoms with E-state index in [1.165, 1.54) is 0 Å². The van der Waals surface area contributed by atoms with Gasteiger partial charge in [0.25, 0.3) is 0 Å². The number of aryl methyl sites for hydroxylation is 1. The quantitative estimate of drug-likeness (QED) is 0.908. The maximum atomic E-state index is 5.93. The summed E-state index contributed by atoms with van der Waals surface area (Å²) in [6, 6.07) is 11.4. The summed E-state index contributed by atoms with van der Waals surface area (Å²) < 4.78 is 16.4. The second kappa shape index (κ2) is 6.30. The standard InChI is InChI=1S/C16H19NO3/c1-11-4-5-12(10-17)16(6-11)20-15-8-13(18-2)7-14(9-15)19-3/h4-9H,10,17H2,1-3H3. The molecular weight excluding hydrogens is 254 g/mol. The van der Waals surface area contributed by atoms with Crippen LogP contribution in [0.4, 0.5) is 0 Å². The van der Waals surface area contributed by atoms with E-state index in [1.807, 2.05) is 37.3 Å². The molecule has 4 heteroatoms. The number of hydrogen-bond acceptors (Lipinski definition) is 4. The van der Waals surface area contributed by atoms with Crippen LogP contribution in [0.2, 0.25) is 0 Å². The van der Waals surface area contributed by atoms with E-state index in [1.54, 1.807) is 20.3 Å². The molecule has 0 aliphatic rings. The van der Waals surface area contributed by atoms with E-state index >= 15 is 0 Å². The Bertz CT molecular complexity index is 574. The summed E-state index contributed by atoms with van der Waals surface area (Å²) in [6.45, 7) is 2.44. The number of benzene rings is 2. The first kappa shape index (κ1) is 14.2. The van der Waals surface area contributed by atoms with Gasteiger partial charge >= 0.3 is 0 Å². The van der Waals surface area contributed by atoms with Gasteiger partial charge in [-0.25, -0.2) is 0 Å². The minimum Gasteiger partial charge on any atom is -0.496 e. The SMILES string of the molecule is COc1cc(OC)cc(Oc2cc(C)ccc2CN)c1. The zero-order chi connectivity index (χ0) is 14.5. The molecule has 0 heterocycles. The summed E-state index contributed by atoms with van der Waals surface area (Å²) in [7, 11) is 3.22. The molecule has 0 unspecified atom stereocenters. The van der Waals surface area contributed by atoms with Crippen molar-refractivity contribution < 1.29 is 14.2 Å². The Kier molecular flexibility index (Phi) is 4.48. The van der Waals surface area contributed by atoms with Gasteiger partial charge in [0.2, 0.25) is 0 Å². The molecule has 0 spiro atoms. The molecule has 2 N–H and O–H groups in total. The van der Waals surface area contributed by atoms with Crippen LogP contribution in [0.5, 0.6) is 23.0 Å². The van der Waals surface area contributed by atoms with Crippen LogP contribution in [-0.4, -0.2) is 14.2 Å². The largest absolute Gasteiger partial charge is 0.496 e. The van der Waals surface area contributed by atoms with Crippen molar-refractivity contribution in [3.8, 4) is 23.0 Å². The van der Waals surface area contributed by atoms with Crippen LogP contribution in [0.25, 0.3) is 0 Å². The Balaban J connectivity index is 2.36. The van der Waals surface area contributed by atoms with Crippen LogP contribution in [0.1, 0.15) is 11.1 Å². The average Bonchev–Trinajstić information content (AvgIpc) is 2.47. The van der Waals surface area contributed by atoms with Gasteiger partial charge in [-0.15, -0.1) is 0 Å². The predicted molar refractivity (Wildman–Crippen MR) is 78.7 cm³/mol. The van der Waals surface area contributed by atoms with E-state index in [9.17, 15) is 0 Å². The van der Waals surface area contributed by atoms with E-state index in [-0.39, 0.29) is 0 Å². The minimum atomic E-state index is 0.427. The third-order valence-corrected chi connectivity index (χ3v) is 3.00. The summed E-state index contributed by atoms with van der Waals surface area (Å²) in [5.41, 5.74) is 7.81. The van der Waals surface area contributed by atoms with Crippen molar-refractivity contribution in [3.63, 3.8) is 0 Å². The average molecular weight is 273 g/mol. The fourth-order valence-corrected chi connectivity index (χ4v) is 1.89. The lowest BCUT2D eigenvalue weighted by molar-refractivity contribution is 0.386. The second-order valence-corrected chi connectivity index (χ2v) is 4.47. The molecule has 2 rings (SSSR count). The summed E-state index contributed by atoms with van der Waals surface area (Å²) >= 11 is 0. The van der Waals surface area contributed by atoms with Gasteiger partial charge in [-0.05, 0) is 18.6 Å². The lowest BCUT2D eigenvalue weighted by Gasteiger charge is -2.13. The van der Waals surface area contributed by atoms with Crippen molar-refractivity contribution in [1.82, 2.24) is 0 Å². The summed E-state index contributed by atoms with van der Waals surface area (Å²) in [6.07, 6.45) is 0. The molecule has 2 aromatic carbocycles.